The molecule has 1 aromatic carbocycles. The molecule has 2 nitrogen and oxygen atoms in total. The second kappa shape index (κ2) is 6.37. The van der Waals surface area contributed by atoms with E-state index in [1.807, 2.05) is 0 Å². The van der Waals surface area contributed by atoms with Crippen LogP contribution in [0.5, 0.6) is 0 Å². The van der Waals surface area contributed by atoms with Crippen LogP contribution in [0.1, 0.15) is 18.4 Å². The third-order valence-electron chi connectivity index (χ3n) is 2.13. The summed E-state index contributed by atoms with van der Waals surface area (Å²) in [5.74, 6) is 0. The number of hydrogen-bond acceptors (Lipinski definition) is 2. The average Bonchev–Trinajstić information content (AvgIpc) is 2.21. The van der Waals surface area contributed by atoms with Crippen molar-refractivity contribution in [3.8, 4) is 0 Å². The van der Waals surface area contributed by atoms with Gasteiger partial charge in [0.05, 0.1) is 12.7 Å². The smallest absolute Gasteiger partial charge is 0.0771 e. The van der Waals surface area contributed by atoms with E-state index in [1.165, 1.54) is 9.13 Å². The molecular weight excluding hydrogens is 291 g/mol. The van der Waals surface area contributed by atoms with E-state index in [1.54, 1.807) is 0 Å². The van der Waals surface area contributed by atoms with Gasteiger partial charge in [0.1, 0.15) is 0 Å². The van der Waals surface area contributed by atoms with Gasteiger partial charge < -0.3 is 10.2 Å². The van der Waals surface area contributed by atoms with Crippen molar-refractivity contribution in [2.75, 3.05) is 6.61 Å². The highest BCUT2D eigenvalue weighted by molar-refractivity contribution is 14.1. The topological polar surface area (TPSA) is 40.5 Å². The van der Waals surface area contributed by atoms with Gasteiger partial charge in [-0.3, -0.25) is 0 Å². The number of benzene rings is 1. The lowest BCUT2D eigenvalue weighted by Crippen LogP contribution is -2.11. The summed E-state index contributed by atoms with van der Waals surface area (Å²) in [5, 5.41) is 17.7. The molecule has 14 heavy (non-hydrogen) atoms. The number of aryl methyl sites for hydroxylation is 1. The Balaban J connectivity index is 2.28. The summed E-state index contributed by atoms with van der Waals surface area (Å²) in [5.41, 5.74) is 1.29. The Morgan fingerprint density at radius 3 is 2.43 bits per heavy atom. The molecule has 0 saturated heterocycles. The molecule has 2 N–H and O–H groups in total. The Bertz CT molecular complexity index is 258. The molecule has 3 heteroatoms. The van der Waals surface area contributed by atoms with Crippen molar-refractivity contribution in [1.82, 2.24) is 0 Å². The van der Waals surface area contributed by atoms with E-state index in [9.17, 15) is 0 Å². The third-order valence-corrected chi connectivity index (χ3v) is 2.85. The summed E-state index contributed by atoms with van der Waals surface area (Å²) in [7, 11) is 0. The number of rotatable bonds is 5. The molecule has 0 radical (unpaired) electrons. The average molecular weight is 306 g/mol. The standard InChI is InChI=1S/C11H15IO2/c12-10-6-4-9(5-7-10)2-1-3-11(14)8-13/h4-7,11,13-14H,1-3,8H2. The van der Waals surface area contributed by atoms with Gasteiger partial charge >= 0.3 is 0 Å². The molecule has 0 aliphatic heterocycles. The lowest BCUT2D eigenvalue weighted by Gasteiger charge is -2.06. The van der Waals surface area contributed by atoms with E-state index in [-0.39, 0.29) is 6.61 Å². The molecule has 1 rings (SSSR count). The fourth-order valence-corrected chi connectivity index (χ4v) is 1.64. The third kappa shape index (κ3) is 4.39. The molecule has 0 aromatic heterocycles. The number of aliphatic hydroxyl groups is 2. The van der Waals surface area contributed by atoms with Crippen molar-refractivity contribution in [3.63, 3.8) is 0 Å². The van der Waals surface area contributed by atoms with Crippen molar-refractivity contribution in [2.45, 2.75) is 25.4 Å². The Kier molecular flexibility index (Phi) is 5.44. The monoisotopic (exact) mass is 306 g/mol. The van der Waals surface area contributed by atoms with Gasteiger partial charge in [-0.15, -0.1) is 0 Å². The normalized spacial score (nSPS) is 12.8. The minimum absolute atomic E-state index is 0.132. The van der Waals surface area contributed by atoms with Crippen LogP contribution in [-0.2, 0) is 6.42 Å². The maximum absolute atomic E-state index is 9.13. The Morgan fingerprint density at radius 1 is 1.21 bits per heavy atom. The number of aliphatic hydroxyl groups excluding tert-OH is 2. The molecule has 1 atom stereocenters. The van der Waals surface area contributed by atoms with Crippen LogP contribution in [-0.4, -0.2) is 22.9 Å². The van der Waals surface area contributed by atoms with Crippen LogP contribution in [0.25, 0.3) is 0 Å². The molecule has 1 aromatic rings. The first kappa shape index (κ1) is 11.9. The maximum atomic E-state index is 9.13. The van der Waals surface area contributed by atoms with Crippen LogP contribution in [0.2, 0.25) is 0 Å². The minimum atomic E-state index is -0.557. The van der Waals surface area contributed by atoms with E-state index in [4.69, 9.17) is 10.2 Å². The SMILES string of the molecule is OCC(O)CCCc1ccc(I)cc1. The molecule has 0 amide bonds. The summed E-state index contributed by atoms with van der Waals surface area (Å²) in [6, 6.07) is 8.37. The number of halogens is 1. The van der Waals surface area contributed by atoms with Crippen LogP contribution in [0.15, 0.2) is 24.3 Å². The molecule has 0 spiro atoms. The first-order valence-electron chi connectivity index (χ1n) is 4.75. The second-order valence-electron chi connectivity index (χ2n) is 3.36. The van der Waals surface area contributed by atoms with Gasteiger partial charge in [0.25, 0.3) is 0 Å². The fraction of sp³-hybridized carbons (Fsp3) is 0.455. The molecule has 0 saturated carbocycles. The van der Waals surface area contributed by atoms with E-state index in [2.05, 4.69) is 46.9 Å². The Labute approximate surface area is 98.1 Å². The van der Waals surface area contributed by atoms with Crippen LogP contribution in [0.3, 0.4) is 0 Å². The van der Waals surface area contributed by atoms with Crippen molar-refractivity contribution in [2.24, 2.45) is 0 Å². The highest BCUT2D eigenvalue weighted by atomic mass is 127. The zero-order valence-electron chi connectivity index (χ0n) is 7.99. The van der Waals surface area contributed by atoms with Crippen molar-refractivity contribution in [3.05, 3.63) is 33.4 Å². The van der Waals surface area contributed by atoms with E-state index in [0.29, 0.717) is 6.42 Å². The highest BCUT2D eigenvalue weighted by Gasteiger charge is 2.01. The van der Waals surface area contributed by atoms with Gasteiger partial charge in [0, 0.05) is 3.57 Å². The molecule has 0 aliphatic carbocycles. The predicted octanol–water partition coefficient (Wildman–Crippen LogP) is 1.97. The molecule has 0 bridgehead atoms. The largest absolute Gasteiger partial charge is 0.394 e. The summed E-state index contributed by atoms with van der Waals surface area (Å²) < 4.78 is 1.24. The molecule has 78 valence electrons. The van der Waals surface area contributed by atoms with Crippen molar-refractivity contribution < 1.29 is 10.2 Å². The Hall–Kier alpha value is -0.130. The van der Waals surface area contributed by atoms with E-state index < -0.39 is 6.10 Å². The quantitative estimate of drug-likeness (QED) is 0.817. The van der Waals surface area contributed by atoms with E-state index >= 15 is 0 Å². The van der Waals surface area contributed by atoms with Gasteiger partial charge in [0.2, 0.25) is 0 Å². The zero-order valence-corrected chi connectivity index (χ0v) is 10.1. The molecular formula is C11H15IO2. The second-order valence-corrected chi connectivity index (χ2v) is 4.60. The van der Waals surface area contributed by atoms with E-state index in [0.717, 1.165) is 12.8 Å². The van der Waals surface area contributed by atoms with Gasteiger partial charge in [-0.25, -0.2) is 0 Å². The van der Waals surface area contributed by atoms with Crippen LogP contribution in [0.4, 0.5) is 0 Å². The van der Waals surface area contributed by atoms with Gasteiger partial charge in [-0.05, 0) is 59.5 Å². The molecule has 0 fully saturated rings. The zero-order chi connectivity index (χ0) is 10.4. The molecule has 0 aliphatic rings. The summed E-state index contributed by atoms with van der Waals surface area (Å²) in [4.78, 5) is 0. The maximum Gasteiger partial charge on any atom is 0.0771 e. The summed E-state index contributed by atoms with van der Waals surface area (Å²) >= 11 is 2.28. The summed E-state index contributed by atoms with van der Waals surface area (Å²) in [6.45, 7) is -0.132. The van der Waals surface area contributed by atoms with Crippen LogP contribution < -0.4 is 0 Å². The number of hydrogen-bond donors (Lipinski definition) is 2. The van der Waals surface area contributed by atoms with Crippen LogP contribution in [0, 0.1) is 3.57 Å². The van der Waals surface area contributed by atoms with Gasteiger partial charge in [-0.1, -0.05) is 12.1 Å². The summed E-state index contributed by atoms with van der Waals surface area (Å²) in [6.07, 6.45) is 2.00. The first-order chi connectivity index (χ1) is 6.72. The molecule has 1 unspecified atom stereocenters. The predicted molar refractivity (Wildman–Crippen MR) is 65.2 cm³/mol. The van der Waals surface area contributed by atoms with Crippen molar-refractivity contribution in [1.29, 1.82) is 0 Å². The fourth-order valence-electron chi connectivity index (χ4n) is 1.28. The van der Waals surface area contributed by atoms with Gasteiger partial charge in [-0.2, -0.15) is 0 Å². The first-order valence-corrected chi connectivity index (χ1v) is 5.83. The Morgan fingerprint density at radius 2 is 1.86 bits per heavy atom. The minimum Gasteiger partial charge on any atom is -0.394 e. The van der Waals surface area contributed by atoms with Crippen LogP contribution >= 0.6 is 22.6 Å². The lowest BCUT2D eigenvalue weighted by atomic mass is 10.1. The highest BCUT2D eigenvalue weighted by Crippen LogP contribution is 2.10. The molecule has 0 heterocycles. The van der Waals surface area contributed by atoms with Crippen molar-refractivity contribution >= 4 is 22.6 Å². The van der Waals surface area contributed by atoms with Gasteiger partial charge in [0.15, 0.2) is 0 Å². The lowest BCUT2D eigenvalue weighted by molar-refractivity contribution is 0.0867.